The Morgan fingerprint density at radius 2 is 2.43 bits per heavy atom. The van der Waals surface area contributed by atoms with Crippen molar-refractivity contribution < 1.29 is 0 Å². The molecule has 14 heavy (non-hydrogen) atoms. The van der Waals surface area contributed by atoms with Gasteiger partial charge in [-0.05, 0) is 46.6 Å². The van der Waals surface area contributed by atoms with Crippen LogP contribution in [0.4, 0.5) is 0 Å². The lowest BCUT2D eigenvalue weighted by molar-refractivity contribution is 0.576. The Kier molecular flexibility index (Phi) is 6.17. The molecule has 1 N–H and O–H groups in total. The van der Waals surface area contributed by atoms with Crippen molar-refractivity contribution in [2.24, 2.45) is 0 Å². The minimum Gasteiger partial charge on any atom is -0.313 e. The molecule has 0 aliphatic carbocycles. The van der Waals surface area contributed by atoms with Gasteiger partial charge in [-0.1, -0.05) is 6.92 Å². The number of thiophene rings is 1. The molecule has 0 aliphatic rings. The Bertz CT molecular complexity index is 256. The summed E-state index contributed by atoms with van der Waals surface area (Å²) in [6.07, 6.45) is 3.29. The second kappa shape index (κ2) is 6.88. The topological polar surface area (TPSA) is 12.0 Å². The highest BCUT2D eigenvalue weighted by molar-refractivity contribution is 9.10. The molecule has 0 spiro atoms. The quantitative estimate of drug-likeness (QED) is 0.863. The summed E-state index contributed by atoms with van der Waals surface area (Å²) in [5.41, 5.74) is 0. The van der Waals surface area contributed by atoms with E-state index in [-0.39, 0.29) is 0 Å². The van der Waals surface area contributed by atoms with Crippen molar-refractivity contribution in [1.29, 1.82) is 0 Å². The lowest BCUT2D eigenvalue weighted by Gasteiger charge is -2.15. The third kappa shape index (κ3) is 3.93. The van der Waals surface area contributed by atoms with E-state index in [0.29, 0.717) is 6.04 Å². The van der Waals surface area contributed by atoms with E-state index in [4.69, 9.17) is 0 Å². The average molecular weight is 294 g/mol. The molecule has 1 heterocycles. The predicted molar refractivity (Wildman–Crippen MR) is 71.6 cm³/mol. The van der Waals surface area contributed by atoms with Crippen LogP contribution in [0.2, 0.25) is 0 Å². The third-order valence-electron chi connectivity index (χ3n) is 1.98. The summed E-state index contributed by atoms with van der Waals surface area (Å²) in [5.74, 6) is 1.18. The first-order valence-electron chi connectivity index (χ1n) is 4.72. The minimum atomic E-state index is 0.602. The van der Waals surface area contributed by atoms with Crippen LogP contribution in [0.3, 0.4) is 0 Å². The molecule has 1 aromatic heterocycles. The van der Waals surface area contributed by atoms with E-state index in [1.165, 1.54) is 15.1 Å². The van der Waals surface area contributed by atoms with Crippen LogP contribution in [0.5, 0.6) is 0 Å². The van der Waals surface area contributed by atoms with E-state index >= 15 is 0 Å². The number of likely N-dealkylation sites (N-methyl/N-ethyl adjacent to an activating group) is 1. The number of hydrogen-bond donors (Lipinski definition) is 1. The SMILES string of the molecule is CCNC(CSC)Cc1sccc1Br. The van der Waals surface area contributed by atoms with E-state index in [1.807, 2.05) is 23.1 Å². The molecule has 0 bridgehead atoms. The Hall–Kier alpha value is 0.490. The largest absolute Gasteiger partial charge is 0.313 e. The van der Waals surface area contributed by atoms with Gasteiger partial charge in [-0.15, -0.1) is 11.3 Å². The molecule has 0 saturated heterocycles. The molecular weight excluding hydrogens is 278 g/mol. The molecule has 0 saturated carbocycles. The molecule has 1 aromatic rings. The first-order chi connectivity index (χ1) is 6.77. The van der Waals surface area contributed by atoms with Gasteiger partial charge >= 0.3 is 0 Å². The number of thioether (sulfide) groups is 1. The lowest BCUT2D eigenvalue weighted by Crippen LogP contribution is -2.32. The Labute approximate surface area is 103 Å². The maximum atomic E-state index is 3.57. The van der Waals surface area contributed by atoms with Gasteiger partial charge in [0.2, 0.25) is 0 Å². The zero-order valence-electron chi connectivity index (χ0n) is 8.55. The first kappa shape index (κ1) is 12.6. The molecule has 1 nitrogen and oxygen atoms in total. The molecule has 80 valence electrons. The molecule has 0 amide bonds. The summed E-state index contributed by atoms with van der Waals surface area (Å²) >= 11 is 7.31. The molecule has 0 radical (unpaired) electrons. The lowest BCUT2D eigenvalue weighted by atomic mass is 10.2. The van der Waals surface area contributed by atoms with Crippen molar-refractivity contribution in [2.45, 2.75) is 19.4 Å². The molecule has 0 aromatic carbocycles. The highest BCUT2D eigenvalue weighted by Gasteiger charge is 2.10. The Morgan fingerprint density at radius 3 is 2.93 bits per heavy atom. The van der Waals surface area contributed by atoms with Gasteiger partial charge in [-0.25, -0.2) is 0 Å². The van der Waals surface area contributed by atoms with E-state index in [2.05, 4.69) is 45.9 Å². The summed E-state index contributed by atoms with van der Waals surface area (Å²) in [4.78, 5) is 1.45. The second-order valence-electron chi connectivity index (χ2n) is 3.11. The Morgan fingerprint density at radius 1 is 1.64 bits per heavy atom. The van der Waals surface area contributed by atoms with Gasteiger partial charge in [0.05, 0.1) is 0 Å². The molecule has 1 rings (SSSR count). The Balaban J connectivity index is 2.50. The van der Waals surface area contributed by atoms with Crippen LogP contribution in [0.25, 0.3) is 0 Å². The molecule has 1 atom stereocenters. The van der Waals surface area contributed by atoms with Crippen LogP contribution in [0.1, 0.15) is 11.8 Å². The van der Waals surface area contributed by atoms with Crippen molar-refractivity contribution in [3.8, 4) is 0 Å². The normalized spacial score (nSPS) is 13.1. The van der Waals surface area contributed by atoms with Gasteiger partial charge in [0.1, 0.15) is 0 Å². The van der Waals surface area contributed by atoms with E-state index in [1.54, 1.807) is 0 Å². The zero-order chi connectivity index (χ0) is 10.4. The summed E-state index contributed by atoms with van der Waals surface area (Å²) in [7, 11) is 0. The molecule has 0 aliphatic heterocycles. The smallest absolute Gasteiger partial charge is 0.0314 e. The van der Waals surface area contributed by atoms with E-state index < -0.39 is 0 Å². The maximum absolute atomic E-state index is 3.57. The number of halogens is 1. The summed E-state index contributed by atoms with van der Waals surface area (Å²) < 4.78 is 1.26. The van der Waals surface area contributed by atoms with Crippen LogP contribution in [0.15, 0.2) is 15.9 Å². The highest BCUT2D eigenvalue weighted by Crippen LogP contribution is 2.24. The van der Waals surface area contributed by atoms with Gasteiger partial charge in [0.15, 0.2) is 0 Å². The van der Waals surface area contributed by atoms with Crippen molar-refractivity contribution >= 4 is 39.0 Å². The van der Waals surface area contributed by atoms with Crippen molar-refractivity contribution in [2.75, 3.05) is 18.6 Å². The highest BCUT2D eigenvalue weighted by atomic mass is 79.9. The van der Waals surface area contributed by atoms with Crippen LogP contribution in [0, 0.1) is 0 Å². The summed E-state index contributed by atoms with van der Waals surface area (Å²) in [6, 6.07) is 2.73. The second-order valence-corrected chi connectivity index (χ2v) is 5.87. The fourth-order valence-electron chi connectivity index (χ4n) is 1.37. The maximum Gasteiger partial charge on any atom is 0.0314 e. The standard InChI is InChI=1S/C10H16BrNS2/c1-3-12-8(7-13-2)6-10-9(11)4-5-14-10/h4-5,8,12H,3,6-7H2,1-2H3. The number of rotatable bonds is 6. The van der Waals surface area contributed by atoms with Gasteiger partial charge < -0.3 is 5.32 Å². The molecule has 4 heteroatoms. The van der Waals surface area contributed by atoms with Crippen molar-refractivity contribution in [1.82, 2.24) is 5.32 Å². The molecule has 1 unspecified atom stereocenters. The summed E-state index contributed by atoms with van der Waals surface area (Å²) in [6.45, 7) is 3.21. The monoisotopic (exact) mass is 293 g/mol. The minimum absolute atomic E-state index is 0.602. The van der Waals surface area contributed by atoms with Crippen LogP contribution in [-0.2, 0) is 6.42 Å². The van der Waals surface area contributed by atoms with Crippen LogP contribution >= 0.6 is 39.0 Å². The van der Waals surface area contributed by atoms with Gasteiger partial charge in [-0.3, -0.25) is 0 Å². The summed E-state index contributed by atoms with van der Waals surface area (Å²) in [5, 5.41) is 5.65. The van der Waals surface area contributed by atoms with E-state index in [9.17, 15) is 0 Å². The van der Waals surface area contributed by atoms with E-state index in [0.717, 1.165) is 13.0 Å². The average Bonchev–Trinajstić information content (AvgIpc) is 2.53. The molecule has 0 fully saturated rings. The van der Waals surface area contributed by atoms with Gasteiger partial charge in [0, 0.05) is 21.1 Å². The third-order valence-corrected chi connectivity index (χ3v) is 4.67. The predicted octanol–water partition coefficient (Wildman–Crippen LogP) is 3.39. The number of nitrogens with one attached hydrogen (secondary N) is 1. The molecular formula is C10H16BrNS2. The van der Waals surface area contributed by atoms with Gasteiger partial charge in [0.25, 0.3) is 0 Å². The number of hydrogen-bond acceptors (Lipinski definition) is 3. The fraction of sp³-hybridized carbons (Fsp3) is 0.600. The first-order valence-corrected chi connectivity index (χ1v) is 7.78. The van der Waals surface area contributed by atoms with Crippen molar-refractivity contribution in [3.63, 3.8) is 0 Å². The zero-order valence-corrected chi connectivity index (χ0v) is 11.8. The van der Waals surface area contributed by atoms with Gasteiger partial charge in [-0.2, -0.15) is 11.8 Å². The van der Waals surface area contributed by atoms with Crippen molar-refractivity contribution in [3.05, 3.63) is 20.8 Å². The van der Waals surface area contributed by atoms with Crippen LogP contribution < -0.4 is 5.32 Å². The van der Waals surface area contributed by atoms with Crippen LogP contribution in [-0.4, -0.2) is 24.6 Å². The fourth-order valence-corrected chi connectivity index (χ4v) is 3.61.